The molecular weight excluding hydrogens is 669 g/mol. The number of para-hydroxylation sites is 3. The van der Waals surface area contributed by atoms with Crippen LogP contribution in [0.3, 0.4) is 0 Å². The molecule has 0 radical (unpaired) electrons. The zero-order valence-electron chi connectivity index (χ0n) is 29.9. The fraction of sp³-hybridized carbons (Fsp3) is 0. The van der Waals surface area contributed by atoms with Gasteiger partial charge in [0.05, 0.1) is 33.8 Å². The molecule has 3 heterocycles. The van der Waals surface area contributed by atoms with Gasteiger partial charge in [0.15, 0.2) is 0 Å². The molecule has 3 aromatic heterocycles. The first-order valence-electron chi connectivity index (χ1n) is 18.5. The van der Waals surface area contributed by atoms with Gasteiger partial charge in [-0.15, -0.1) is 0 Å². The highest BCUT2D eigenvalue weighted by Crippen LogP contribution is 2.46. The van der Waals surface area contributed by atoms with E-state index in [9.17, 15) is 0 Å². The van der Waals surface area contributed by atoms with Crippen molar-refractivity contribution in [1.29, 1.82) is 0 Å². The summed E-state index contributed by atoms with van der Waals surface area (Å²) in [7, 11) is 0. The van der Waals surface area contributed by atoms with Crippen LogP contribution in [0.4, 0.5) is 17.1 Å². The van der Waals surface area contributed by atoms with E-state index in [0.717, 1.165) is 94.5 Å². The zero-order chi connectivity index (χ0) is 36.6. The molecule has 0 atom stereocenters. The molecule has 4 nitrogen and oxygen atoms in total. The first-order chi connectivity index (χ1) is 27.3. The minimum atomic E-state index is 0.888. The Balaban J connectivity index is 1.27. The third-order valence-electron chi connectivity index (χ3n) is 10.3. The SMILES string of the molecule is c1ccc(-c2cc(-c3ccccc3-c3nc4cccc(N(c5ccccc5)c5ccccc5)c4c4c3cnc3ccccc34)cc(-c3ccccc3)n2)cc1. The van der Waals surface area contributed by atoms with Crippen LogP contribution in [0.1, 0.15) is 0 Å². The molecule has 0 saturated heterocycles. The van der Waals surface area contributed by atoms with E-state index < -0.39 is 0 Å². The second kappa shape index (κ2) is 13.8. The second-order valence-corrected chi connectivity index (χ2v) is 13.6. The number of hydrogen-bond acceptors (Lipinski definition) is 4. The van der Waals surface area contributed by atoms with Crippen LogP contribution in [0, 0.1) is 0 Å². The number of anilines is 3. The first kappa shape index (κ1) is 32.2. The van der Waals surface area contributed by atoms with E-state index in [2.05, 4.69) is 193 Å². The minimum Gasteiger partial charge on any atom is -0.310 e. The van der Waals surface area contributed by atoms with Crippen molar-refractivity contribution in [3.05, 3.63) is 206 Å². The molecule has 0 spiro atoms. The second-order valence-electron chi connectivity index (χ2n) is 13.6. The van der Waals surface area contributed by atoms with Crippen molar-refractivity contribution in [2.24, 2.45) is 0 Å². The van der Waals surface area contributed by atoms with Gasteiger partial charge in [-0.1, -0.05) is 146 Å². The highest BCUT2D eigenvalue weighted by atomic mass is 15.1. The molecule has 0 unspecified atom stereocenters. The maximum atomic E-state index is 5.58. The largest absolute Gasteiger partial charge is 0.310 e. The van der Waals surface area contributed by atoms with Crippen LogP contribution in [0.25, 0.3) is 77.5 Å². The van der Waals surface area contributed by atoms with Crippen molar-refractivity contribution >= 4 is 49.6 Å². The van der Waals surface area contributed by atoms with E-state index in [1.54, 1.807) is 0 Å². The van der Waals surface area contributed by atoms with Crippen LogP contribution >= 0.6 is 0 Å². The smallest absolute Gasteiger partial charge is 0.0810 e. The Kier molecular flexibility index (Phi) is 8.12. The van der Waals surface area contributed by atoms with Crippen LogP contribution in [0.2, 0.25) is 0 Å². The summed E-state index contributed by atoms with van der Waals surface area (Å²) in [5.41, 5.74) is 13.1. The van der Waals surface area contributed by atoms with Crippen molar-refractivity contribution in [2.75, 3.05) is 4.90 Å². The molecule has 10 aromatic rings. The Labute approximate surface area is 319 Å². The molecule has 0 aliphatic rings. The fourth-order valence-corrected chi connectivity index (χ4v) is 7.76. The summed E-state index contributed by atoms with van der Waals surface area (Å²) < 4.78 is 0. The van der Waals surface area contributed by atoms with Crippen molar-refractivity contribution in [3.63, 3.8) is 0 Å². The van der Waals surface area contributed by atoms with Crippen molar-refractivity contribution in [1.82, 2.24) is 15.0 Å². The number of rotatable bonds is 7. The van der Waals surface area contributed by atoms with Crippen LogP contribution in [-0.4, -0.2) is 15.0 Å². The van der Waals surface area contributed by atoms with E-state index in [-0.39, 0.29) is 0 Å². The van der Waals surface area contributed by atoms with Gasteiger partial charge < -0.3 is 4.90 Å². The van der Waals surface area contributed by atoms with E-state index in [0.29, 0.717) is 0 Å². The van der Waals surface area contributed by atoms with Gasteiger partial charge in [0.1, 0.15) is 0 Å². The molecule has 0 bridgehead atoms. The van der Waals surface area contributed by atoms with E-state index in [1.807, 2.05) is 18.3 Å². The monoisotopic (exact) mass is 702 g/mol. The summed E-state index contributed by atoms with van der Waals surface area (Å²) in [6.07, 6.45) is 2.01. The summed E-state index contributed by atoms with van der Waals surface area (Å²) in [6.45, 7) is 0. The molecular formula is C51H34N4. The molecule has 0 fully saturated rings. The fourth-order valence-electron chi connectivity index (χ4n) is 7.76. The Morgan fingerprint density at radius 1 is 0.364 bits per heavy atom. The molecule has 0 aliphatic carbocycles. The predicted molar refractivity (Wildman–Crippen MR) is 229 cm³/mol. The van der Waals surface area contributed by atoms with E-state index >= 15 is 0 Å². The van der Waals surface area contributed by atoms with Crippen LogP contribution in [0.15, 0.2) is 206 Å². The molecule has 7 aromatic carbocycles. The predicted octanol–water partition coefficient (Wildman–Crippen LogP) is 13.5. The standard InChI is InChI=1S/C51H34N4/c1-5-18-35(19-6-1)46-32-37(33-47(53-46)36-20-7-2-8-21-36)40-26-13-14-27-41(40)51-43-34-52-44-29-16-15-28-42(44)49(43)50-45(54-51)30-17-31-48(50)55(38-22-9-3-10-23-38)39-24-11-4-12-25-39/h1-34H. The maximum absolute atomic E-state index is 5.58. The van der Waals surface area contributed by atoms with Gasteiger partial charge in [-0.05, 0) is 65.7 Å². The van der Waals surface area contributed by atoms with Gasteiger partial charge in [-0.2, -0.15) is 0 Å². The maximum Gasteiger partial charge on any atom is 0.0810 e. The lowest BCUT2D eigenvalue weighted by atomic mass is 9.91. The zero-order valence-corrected chi connectivity index (χ0v) is 29.9. The average molecular weight is 703 g/mol. The normalized spacial score (nSPS) is 11.3. The molecule has 0 aliphatic heterocycles. The molecule has 0 N–H and O–H groups in total. The Hall–Kier alpha value is -7.43. The van der Waals surface area contributed by atoms with Crippen molar-refractivity contribution < 1.29 is 0 Å². The van der Waals surface area contributed by atoms with Crippen LogP contribution < -0.4 is 4.90 Å². The quantitative estimate of drug-likeness (QED) is 0.155. The summed E-state index contributed by atoms with van der Waals surface area (Å²) in [4.78, 5) is 18.1. The van der Waals surface area contributed by atoms with Gasteiger partial charge in [0, 0.05) is 55.8 Å². The van der Waals surface area contributed by atoms with Gasteiger partial charge >= 0.3 is 0 Å². The average Bonchev–Trinajstić information content (AvgIpc) is 3.27. The van der Waals surface area contributed by atoms with E-state index in [4.69, 9.17) is 15.0 Å². The number of fused-ring (bicyclic) bond motifs is 5. The number of aromatic nitrogens is 3. The lowest BCUT2D eigenvalue weighted by molar-refractivity contribution is 1.29. The van der Waals surface area contributed by atoms with Crippen molar-refractivity contribution in [2.45, 2.75) is 0 Å². The third kappa shape index (κ3) is 5.87. The highest BCUT2D eigenvalue weighted by Gasteiger charge is 2.22. The minimum absolute atomic E-state index is 0.888. The Morgan fingerprint density at radius 3 is 1.53 bits per heavy atom. The molecule has 55 heavy (non-hydrogen) atoms. The molecule has 10 rings (SSSR count). The lowest BCUT2D eigenvalue weighted by Gasteiger charge is -2.27. The molecule has 0 amide bonds. The summed E-state index contributed by atoms with van der Waals surface area (Å²) >= 11 is 0. The number of benzene rings is 7. The summed E-state index contributed by atoms with van der Waals surface area (Å²) in [5.74, 6) is 0. The van der Waals surface area contributed by atoms with Crippen LogP contribution in [0.5, 0.6) is 0 Å². The van der Waals surface area contributed by atoms with Gasteiger partial charge in [0.25, 0.3) is 0 Å². The van der Waals surface area contributed by atoms with Crippen LogP contribution in [-0.2, 0) is 0 Å². The summed E-state index contributed by atoms with van der Waals surface area (Å²) in [6, 6.07) is 69.8. The molecule has 258 valence electrons. The number of pyridine rings is 3. The molecule has 0 saturated carbocycles. The summed E-state index contributed by atoms with van der Waals surface area (Å²) in [5, 5.41) is 4.28. The number of hydrogen-bond donors (Lipinski definition) is 0. The van der Waals surface area contributed by atoms with E-state index in [1.165, 1.54) is 0 Å². The van der Waals surface area contributed by atoms with Crippen molar-refractivity contribution in [3.8, 4) is 44.9 Å². The van der Waals surface area contributed by atoms with Gasteiger partial charge in [0.2, 0.25) is 0 Å². The molecule has 4 heteroatoms. The highest BCUT2D eigenvalue weighted by molar-refractivity contribution is 6.25. The first-order valence-corrected chi connectivity index (χ1v) is 18.5. The Bertz CT molecular complexity index is 2870. The Morgan fingerprint density at radius 2 is 0.891 bits per heavy atom. The van der Waals surface area contributed by atoms with Gasteiger partial charge in [-0.25, -0.2) is 9.97 Å². The number of nitrogens with zero attached hydrogens (tertiary/aromatic N) is 4. The van der Waals surface area contributed by atoms with Gasteiger partial charge in [-0.3, -0.25) is 4.98 Å². The lowest BCUT2D eigenvalue weighted by Crippen LogP contribution is -2.10. The topological polar surface area (TPSA) is 41.9 Å². The third-order valence-corrected chi connectivity index (χ3v) is 10.3.